The van der Waals surface area contributed by atoms with Crippen LogP contribution in [0.2, 0.25) is 0 Å². The number of anilines is 2. The van der Waals surface area contributed by atoms with Gasteiger partial charge in [0.15, 0.2) is 0 Å². The maximum absolute atomic E-state index is 14.1. The first kappa shape index (κ1) is 27.7. The Kier molecular flexibility index (Phi) is 7.93. The molecule has 1 aliphatic heterocycles. The molecule has 4 aromatic rings. The lowest BCUT2D eigenvalue weighted by atomic mass is 10.1. The fourth-order valence-electron chi connectivity index (χ4n) is 4.68. The van der Waals surface area contributed by atoms with Gasteiger partial charge in [-0.3, -0.25) is 14.4 Å². The van der Waals surface area contributed by atoms with Crippen LogP contribution >= 0.6 is 0 Å². The van der Waals surface area contributed by atoms with Crippen molar-refractivity contribution in [3.63, 3.8) is 0 Å². The van der Waals surface area contributed by atoms with E-state index in [2.05, 4.69) is 4.90 Å². The topological polar surface area (TPSA) is 96.2 Å². The van der Waals surface area contributed by atoms with E-state index in [-0.39, 0.29) is 17.3 Å². The molecule has 0 radical (unpaired) electrons. The second-order valence-electron chi connectivity index (χ2n) is 9.61. The van der Waals surface area contributed by atoms with Crippen LogP contribution in [0.1, 0.15) is 11.1 Å². The summed E-state index contributed by atoms with van der Waals surface area (Å²) >= 11 is 0. The van der Waals surface area contributed by atoms with Gasteiger partial charge in [-0.05, 0) is 61.0 Å². The largest absolute Gasteiger partial charge is 0.497 e. The van der Waals surface area contributed by atoms with Crippen LogP contribution in [0.4, 0.5) is 17.1 Å². The van der Waals surface area contributed by atoms with Gasteiger partial charge in [0, 0.05) is 42.8 Å². The van der Waals surface area contributed by atoms with Crippen LogP contribution < -0.4 is 14.5 Å². The van der Waals surface area contributed by atoms with Gasteiger partial charge in [0.2, 0.25) is 0 Å². The summed E-state index contributed by atoms with van der Waals surface area (Å²) in [6.45, 7) is 2.88. The van der Waals surface area contributed by atoms with E-state index in [1.807, 2.05) is 66.4 Å². The van der Waals surface area contributed by atoms with Crippen LogP contribution in [0.25, 0.3) is 5.70 Å². The van der Waals surface area contributed by atoms with Crippen LogP contribution in [0, 0.1) is 17.0 Å². The van der Waals surface area contributed by atoms with Gasteiger partial charge in [0.25, 0.3) is 15.7 Å². The first-order valence-electron chi connectivity index (χ1n) is 13.0. The number of benzene rings is 4. The molecule has 0 bridgehead atoms. The van der Waals surface area contributed by atoms with Gasteiger partial charge in [-0.15, -0.1) is 0 Å². The third-order valence-corrected chi connectivity index (χ3v) is 8.67. The monoisotopic (exact) mass is 570 g/mol. The van der Waals surface area contributed by atoms with E-state index >= 15 is 0 Å². The fraction of sp³-hybridized carbons (Fsp3) is 0.161. The Morgan fingerprint density at radius 1 is 0.805 bits per heavy atom. The molecule has 0 unspecified atom stereocenters. The molecule has 210 valence electrons. The van der Waals surface area contributed by atoms with Crippen LogP contribution in [0.3, 0.4) is 0 Å². The van der Waals surface area contributed by atoms with E-state index in [4.69, 9.17) is 4.74 Å². The molecule has 0 N–H and O–H groups in total. The zero-order chi connectivity index (χ0) is 29.0. The van der Waals surface area contributed by atoms with Crippen molar-refractivity contribution in [2.75, 3.05) is 36.7 Å². The molecule has 4 aromatic carbocycles. The third-order valence-electron chi connectivity index (χ3n) is 6.97. The van der Waals surface area contributed by atoms with Gasteiger partial charge in [-0.25, -0.2) is 8.42 Å². The number of non-ortho nitro benzene ring substituents is 1. The summed E-state index contributed by atoms with van der Waals surface area (Å²) in [6.07, 6.45) is 1.67. The highest BCUT2D eigenvalue weighted by molar-refractivity contribution is 7.89. The molecule has 1 aliphatic rings. The Morgan fingerprint density at radius 3 is 2.05 bits per heavy atom. The summed E-state index contributed by atoms with van der Waals surface area (Å²) in [5.74, 6) is 0.710. The standard InChI is InChI=1S/C31H30N4O5S/c1-24-8-18-30(19-9-24)41(38,39)33-22-31(25-6-4-3-5-7-25)34(27-14-16-29(40-2)17-15-27)21-20-32(23-33)26-10-12-28(13-11-26)35(36)37/h3-19,22H,20-21,23H2,1-2H3/b31-22-. The summed E-state index contributed by atoms with van der Waals surface area (Å²) in [5.41, 5.74) is 4.03. The van der Waals surface area contributed by atoms with E-state index in [0.717, 1.165) is 22.5 Å². The van der Waals surface area contributed by atoms with E-state index in [1.54, 1.807) is 49.7 Å². The Bertz CT molecular complexity index is 1640. The predicted molar refractivity (Wildman–Crippen MR) is 160 cm³/mol. The average Bonchev–Trinajstić information content (AvgIpc) is 2.98. The lowest BCUT2D eigenvalue weighted by Crippen LogP contribution is -2.45. The highest BCUT2D eigenvalue weighted by Crippen LogP contribution is 2.32. The maximum atomic E-state index is 14.1. The minimum Gasteiger partial charge on any atom is -0.497 e. The molecule has 10 heteroatoms. The van der Waals surface area contributed by atoms with Crippen molar-refractivity contribution in [3.8, 4) is 5.75 Å². The molecule has 0 saturated heterocycles. The van der Waals surface area contributed by atoms with Gasteiger partial charge in [0.05, 0.1) is 22.6 Å². The minimum atomic E-state index is -3.98. The zero-order valence-corrected chi connectivity index (χ0v) is 23.6. The van der Waals surface area contributed by atoms with Gasteiger partial charge < -0.3 is 14.5 Å². The molecule has 0 aromatic heterocycles. The summed E-state index contributed by atoms with van der Waals surface area (Å²) in [4.78, 5) is 15.0. The quantitative estimate of drug-likeness (QED) is 0.202. The highest BCUT2D eigenvalue weighted by Gasteiger charge is 2.29. The Labute approximate surface area is 239 Å². The number of sulfonamides is 1. The van der Waals surface area contributed by atoms with E-state index < -0.39 is 14.9 Å². The number of rotatable bonds is 7. The summed E-state index contributed by atoms with van der Waals surface area (Å²) < 4.78 is 34.9. The third kappa shape index (κ3) is 6.02. The van der Waals surface area contributed by atoms with Crippen molar-refractivity contribution >= 4 is 32.8 Å². The number of nitrogens with zero attached hydrogens (tertiary/aromatic N) is 4. The van der Waals surface area contributed by atoms with Crippen molar-refractivity contribution in [1.82, 2.24) is 4.31 Å². The molecular formula is C31H30N4O5S. The summed E-state index contributed by atoms with van der Waals surface area (Å²) in [6, 6.07) is 30.2. The number of nitro groups is 1. The van der Waals surface area contributed by atoms with Gasteiger partial charge in [0.1, 0.15) is 12.4 Å². The smallest absolute Gasteiger partial charge is 0.269 e. The summed E-state index contributed by atoms with van der Waals surface area (Å²) in [7, 11) is -2.37. The first-order valence-corrected chi connectivity index (χ1v) is 14.5. The molecule has 0 atom stereocenters. The van der Waals surface area contributed by atoms with Crippen molar-refractivity contribution in [2.45, 2.75) is 11.8 Å². The maximum Gasteiger partial charge on any atom is 0.269 e. The van der Waals surface area contributed by atoms with E-state index in [1.165, 1.54) is 16.4 Å². The molecule has 0 aliphatic carbocycles. The molecule has 1 heterocycles. The molecule has 9 nitrogen and oxygen atoms in total. The van der Waals surface area contributed by atoms with E-state index in [9.17, 15) is 18.5 Å². The van der Waals surface area contributed by atoms with Crippen molar-refractivity contribution in [2.24, 2.45) is 0 Å². The van der Waals surface area contributed by atoms with E-state index in [0.29, 0.717) is 24.5 Å². The van der Waals surface area contributed by atoms with Crippen LogP contribution in [-0.4, -0.2) is 44.5 Å². The molecule has 0 spiro atoms. The van der Waals surface area contributed by atoms with Gasteiger partial charge >= 0.3 is 0 Å². The lowest BCUT2D eigenvalue weighted by molar-refractivity contribution is -0.384. The number of hydrogen-bond acceptors (Lipinski definition) is 7. The number of aryl methyl sites for hydroxylation is 1. The van der Waals surface area contributed by atoms with Crippen molar-refractivity contribution in [3.05, 3.63) is 131 Å². The predicted octanol–water partition coefficient (Wildman–Crippen LogP) is 5.89. The second-order valence-corrected chi connectivity index (χ2v) is 11.5. The molecule has 41 heavy (non-hydrogen) atoms. The average molecular weight is 571 g/mol. The normalized spacial score (nSPS) is 15.5. The molecule has 0 fully saturated rings. The Hall–Kier alpha value is -4.83. The highest BCUT2D eigenvalue weighted by atomic mass is 32.2. The Morgan fingerprint density at radius 2 is 1.44 bits per heavy atom. The second kappa shape index (κ2) is 11.7. The fourth-order valence-corrected chi connectivity index (χ4v) is 5.96. The van der Waals surface area contributed by atoms with Crippen molar-refractivity contribution < 1.29 is 18.1 Å². The van der Waals surface area contributed by atoms with Crippen LogP contribution in [0.5, 0.6) is 5.75 Å². The van der Waals surface area contributed by atoms with Crippen molar-refractivity contribution in [1.29, 1.82) is 0 Å². The zero-order valence-electron chi connectivity index (χ0n) is 22.8. The molecular weight excluding hydrogens is 540 g/mol. The van der Waals surface area contributed by atoms with Crippen LogP contribution in [0.15, 0.2) is 114 Å². The molecule has 0 amide bonds. The molecule has 0 saturated carbocycles. The summed E-state index contributed by atoms with van der Waals surface area (Å²) in [5, 5.41) is 11.3. The van der Waals surface area contributed by atoms with Gasteiger partial charge in [-0.2, -0.15) is 0 Å². The van der Waals surface area contributed by atoms with Gasteiger partial charge in [-0.1, -0.05) is 48.0 Å². The SMILES string of the molecule is COc1ccc(N2CCN(c3ccc([N+](=O)[O-])cc3)CN(S(=O)(=O)c3ccc(C)cc3)/C=C\2c2ccccc2)cc1. The lowest BCUT2D eigenvalue weighted by Gasteiger charge is -2.38. The number of methoxy groups -OCH3 is 1. The first-order chi connectivity index (χ1) is 19.8. The number of ether oxygens (including phenoxy) is 1. The number of hydrogen-bond donors (Lipinski definition) is 0. The Balaban J connectivity index is 1.67. The molecule has 5 rings (SSSR count). The minimum absolute atomic E-state index is 0.0147. The number of nitro benzene ring substituents is 1. The van der Waals surface area contributed by atoms with Crippen LogP contribution in [-0.2, 0) is 10.0 Å².